The number of carbonyl (C=O) groups excluding carboxylic acids is 1. The molecule has 2 aromatic rings. The molecule has 1 aliphatic heterocycles. The maximum atomic E-state index is 12.8. The lowest BCUT2D eigenvalue weighted by Gasteiger charge is -2.28. The quantitative estimate of drug-likeness (QED) is 0.852. The van der Waals surface area contributed by atoms with Crippen LogP contribution in [-0.2, 0) is 11.2 Å². The first-order valence-corrected chi connectivity index (χ1v) is 7.72. The molecule has 4 heteroatoms. The Balaban J connectivity index is 1.75. The van der Waals surface area contributed by atoms with E-state index in [-0.39, 0.29) is 11.9 Å². The van der Waals surface area contributed by atoms with E-state index in [9.17, 15) is 4.79 Å². The van der Waals surface area contributed by atoms with Crippen molar-refractivity contribution < 1.29 is 13.9 Å². The van der Waals surface area contributed by atoms with Gasteiger partial charge < -0.3 is 14.1 Å². The largest absolute Gasteiger partial charge is 0.469 e. The molecule has 1 atom stereocenters. The second-order valence-corrected chi connectivity index (χ2v) is 5.64. The monoisotopic (exact) mass is 299 g/mol. The summed E-state index contributed by atoms with van der Waals surface area (Å²) in [5.74, 6) is 0.714. The van der Waals surface area contributed by atoms with E-state index >= 15 is 0 Å². The van der Waals surface area contributed by atoms with Gasteiger partial charge in [0.1, 0.15) is 5.76 Å². The van der Waals surface area contributed by atoms with Crippen LogP contribution in [0.3, 0.4) is 0 Å². The van der Waals surface area contributed by atoms with Crippen LogP contribution in [0.4, 0.5) is 0 Å². The molecule has 22 heavy (non-hydrogen) atoms. The molecule has 0 bridgehead atoms. The molecule has 0 aliphatic carbocycles. The normalized spacial score (nSPS) is 17.6. The van der Waals surface area contributed by atoms with Crippen molar-refractivity contribution in [2.24, 2.45) is 0 Å². The Kier molecular flexibility index (Phi) is 4.59. The predicted octanol–water partition coefficient (Wildman–Crippen LogP) is 3.06. The molecule has 4 nitrogen and oxygen atoms in total. The molecule has 1 fully saturated rings. The van der Waals surface area contributed by atoms with Gasteiger partial charge in [0.25, 0.3) is 5.91 Å². The Morgan fingerprint density at radius 3 is 2.73 bits per heavy atom. The van der Waals surface area contributed by atoms with Crippen LogP contribution in [-0.4, -0.2) is 36.6 Å². The highest BCUT2D eigenvalue weighted by Crippen LogP contribution is 2.19. The average Bonchev–Trinajstić information content (AvgIpc) is 3.20. The highest BCUT2D eigenvalue weighted by atomic mass is 16.5. The van der Waals surface area contributed by atoms with Gasteiger partial charge in [-0.15, -0.1) is 0 Å². The van der Waals surface area contributed by atoms with E-state index in [0.717, 1.165) is 19.4 Å². The summed E-state index contributed by atoms with van der Waals surface area (Å²) in [5, 5.41) is 0. The minimum Gasteiger partial charge on any atom is -0.469 e. The number of benzene rings is 1. The van der Waals surface area contributed by atoms with E-state index in [0.29, 0.717) is 24.5 Å². The maximum absolute atomic E-state index is 12.8. The standard InChI is InChI=1S/C18H21NO3/c1-14-17(9-12-22-14)18(20)19(16-8-11-21-13-16)10-7-15-5-3-2-4-6-15/h2-6,9,12,16H,7-8,10-11,13H2,1H3/t16-/m1/s1. The fourth-order valence-electron chi connectivity index (χ4n) is 2.87. The minimum absolute atomic E-state index is 0.0395. The minimum atomic E-state index is 0.0395. The highest BCUT2D eigenvalue weighted by molar-refractivity contribution is 5.95. The van der Waals surface area contributed by atoms with Gasteiger partial charge in [-0.2, -0.15) is 0 Å². The summed E-state index contributed by atoms with van der Waals surface area (Å²) in [6.07, 6.45) is 3.32. The number of furan rings is 1. The fourth-order valence-corrected chi connectivity index (χ4v) is 2.87. The zero-order chi connectivity index (χ0) is 15.4. The van der Waals surface area contributed by atoms with E-state index in [1.807, 2.05) is 30.0 Å². The lowest BCUT2D eigenvalue weighted by atomic mass is 10.1. The van der Waals surface area contributed by atoms with E-state index in [1.165, 1.54) is 5.56 Å². The van der Waals surface area contributed by atoms with Crippen LogP contribution in [0.15, 0.2) is 47.1 Å². The van der Waals surface area contributed by atoms with Gasteiger partial charge >= 0.3 is 0 Å². The molecule has 0 radical (unpaired) electrons. The summed E-state index contributed by atoms with van der Waals surface area (Å²) in [7, 11) is 0. The fraction of sp³-hybridized carbons (Fsp3) is 0.389. The molecular weight excluding hydrogens is 278 g/mol. The average molecular weight is 299 g/mol. The zero-order valence-corrected chi connectivity index (χ0v) is 12.8. The molecule has 1 aliphatic rings. The maximum Gasteiger partial charge on any atom is 0.257 e. The molecule has 1 aromatic heterocycles. The first-order valence-electron chi connectivity index (χ1n) is 7.72. The number of ether oxygens (including phenoxy) is 1. The molecule has 0 saturated carbocycles. The van der Waals surface area contributed by atoms with Crippen LogP contribution in [0, 0.1) is 6.92 Å². The van der Waals surface area contributed by atoms with Crippen LogP contribution >= 0.6 is 0 Å². The topological polar surface area (TPSA) is 42.7 Å². The summed E-state index contributed by atoms with van der Waals surface area (Å²) in [6.45, 7) is 3.87. The summed E-state index contributed by atoms with van der Waals surface area (Å²) in [6, 6.07) is 12.2. The molecule has 0 N–H and O–H groups in total. The number of hydrogen-bond acceptors (Lipinski definition) is 3. The van der Waals surface area contributed by atoms with Crippen LogP contribution in [0.5, 0.6) is 0 Å². The summed E-state index contributed by atoms with van der Waals surface area (Å²) in [4.78, 5) is 14.8. The molecule has 2 heterocycles. The first kappa shape index (κ1) is 14.9. The van der Waals surface area contributed by atoms with Crippen molar-refractivity contribution in [2.75, 3.05) is 19.8 Å². The second kappa shape index (κ2) is 6.79. The van der Waals surface area contributed by atoms with Gasteiger partial charge in [0, 0.05) is 13.2 Å². The van der Waals surface area contributed by atoms with Gasteiger partial charge in [0.15, 0.2) is 0 Å². The van der Waals surface area contributed by atoms with Gasteiger partial charge in [-0.05, 0) is 31.4 Å². The number of amides is 1. The summed E-state index contributed by atoms with van der Waals surface area (Å²) in [5.41, 5.74) is 1.89. The van der Waals surface area contributed by atoms with Crippen molar-refractivity contribution in [3.8, 4) is 0 Å². The zero-order valence-electron chi connectivity index (χ0n) is 12.8. The number of nitrogens with zero attached hydrogens (tertiary/aromatic N) is 1. The number of hydrogen-bond donors (Lipinski definition) is 0. The van der Waals surface area contributed by atoms with Crippen LogP contribution in [0.25, 0.3) is 0 Å². The highest BCUT2D eigenvalue weighted by Gasteiger charge is 2.29. The first-order chi connectivity index (χ1) is 10.8. The van der Waals surface area contributed by atoms with E-state index < -0.39 is 0 Å². The number of carbonyl (C=O) groups is 1. The second-order valence-electron chi connectivity index (χ2n) is 5.64. The van der Waals surface area contributed by atoms with Crippen molar-refractivity contribution >= 4 is 5.91 Å². The van der Waals surface area contributed by atoms with Crippen molar-refractivity contribution in [1.29, 1.82) is 0 Å². The third-order valence-corrected chi connectivity index (χ3v) is 4.18. The van der Waals surface area contributed by atoms with Crippen LogP contribution in [0.2, 0.25) is 0 Å². The molecular formula is C18H21NO3. The number of aryl methyl sites for hydroxylation is 1. The van der Waals surface area contributed by atoms with Gasteiger partial charge in [-0.3, -0.25) is 4.79 Å². The molecule has 0 spiro atoms. The molecule has 1 saturated heterocycles. The smallest absolute Gasteiger partial charge is 0.257 e. The molecule has 3 rings (SSSR count). The van der Waals surface area contributed by atoms with Gasteiger partial charge in [-0.1, -0.05) is 30.3 Å². The van der Waals surface area contributed by atoms with Crippen molar-refractivity contribution in [2.45, 2.75) is 25.8 Å². The number of rotatable bonds is 5. The predicted molar refractivity (Wildman–Crippen MR) is 83.9 cm³/mol. The molecule has 1 aromatic carbocycles. The third kappa shape index (κ3) is 3.22. The Hall–Kier alpha value is -2.07. The van der Waals surface area contributed by atoms with Gasteiger partial charge in [-0.25, -0.2) is 0 Å². The SMILES string of the molecule is Cc1occc1C(=O)N(CCc1ccccc1)[C@@H]1CCOC1. The molecule has 116 valence electrons. The van der Waals surface area contributed by atoms with Crippen molar-refractivity contribution in [3.63, 3.8) is 0 Å². The Labute approximate surface area is 130 Å². The third-order valence-electron chi connectivity index (χ3n) is 4.18. The van der Waals surface area contributed by atoms with Gasteiger partial charge in [0.05, 0.1) is 24.5 Å². The Morgan fingerprint density at radius 2 is 2.09 bits per heavy atom. The van der Waals surface area contributed by atoms with Crippen molar-refractivity contribution in [1.82, 2.24) is 4.90 Å². The van der Waals surface area contributed by atoms with E-state index in [1.54, 1.807) is 12.3 Å². The van der Waals surface area contributed by atoms with E-state index in [4.69, 9.17) is 9.15 Å². The lowest BCUT2D eigenvalue weighted by molar-refractivity contribution is 0.0654. The van der Waals surface area contributed by atoms with E-state index in [2.05, 4.69) is 12.1 Å². The lowest BCUT2D eigenvalue weighted by Crippen LogP contribution is -2.42. The summed E-state index contributed by atoms with van der Waals surface area (Å²) < 4.78 is 10.8. The van der Waals surface area contributed by atoms with Crippen LogP contribution in [0.1, 0.15) is 28.1 Å². The molecule has 1 amide bonds. The van der Waals surface area contributed by atoms with Crippen molar-refractivity contribution in [3.05, 3.63) is 59.5 Å². The Bertz CT molecular complexity index is 614. The molecule has 0 unspecified atom stereocenters. The van der Waals surface area contributed by atoms with Crippen LogP contribution < -0.4 is 0 Å². The Morgan fingerprint density at radius 1 is 1.27 bits per heavy atom. The van der Waals surface area contributed by atoms with Gasteiger partial charge in [0.2, 0.25) is 0 Å². The summed E-state index contributed by atoms with van der Waals surface area (Å²) >= 11 is 0.